The van der Waals surface area contributed by atoms with Crippen LogP contribution in [0.25, 0.3) is 0 Å². The van der Waals surface area contributed by atoms with E-state index in [0.717, 1.165) is 50.0 Å². The molecule has 3 amide bonds. The van der Waals surface area contributed by atoms with Gasteiger partial charge in [0.2, 0.25) is 17.7 Å². The molecule has 2 aliphatic rings. The average Bonchev–Trinajstić information content (AvgIpc) is 2.69. The van der Waals surface area contributed by atoms with E-state index in [-0.39, 0.29) is 23.6 Å². The van der Waals surface area contributed by atoms with E-state index in [9.17, 15) is 14.4 Å². The first-order valence-corrected chi connectivity index (χ1v) is 9.96. The minimum atomic E-state index is -0.110. The summed E-state index contributed by atoms with van der Waals surface area (Å²) in [5, 5.41) is 2.72. The van der Waals surface area contributed by atoms with Crippen molar-refractivity contribution in [2.24, 2.45) is 5.92 Å². The van der Waals surface area contributed by atoms with Crippen LogP contribution < -0.4 is 5.32 Å². The molecule has 0 aliphatic carbocycles. The van der Waals surface area contributed by atoms with E-state index in [1.54, 1.807) is 0 Å². The van der Waals surface area contributed by atoms with Crippen molar-refractivity contribution in [2.45, 2.75) is 45.4 Å². The first kappa shape index (κ1) is 19.4. The predicted octanol–water partition coefficient (Wildman–Crippen LogP) is 2.44. The van der Waals surface area contributed by atoms with Crippen LogP contribution in [0.2, 0.25) is 0 Å². The second-order valence-electron chi connectivity index (χ2n) is 7.60. The van der Waals surface area contributed by atoms with Crippen molar-refractivity contribution in [3.05, 3.63) is 29.8 Å². The normalized spacial score (nSPS) is 18.3. The highest BCUT2D eigenvalue weighted by Crippen LogP contribution is 2.22. The molecule has 0 saturated carbocycles. The highest BCUT2D eigenvalue weighted by atomic mass is 16.2. The number of hydrogen-bond donors (Lipinski definition) is 1. The molecule has 0 atom stereocenters. The minimum Gasteiger partial charge on any atom is -0.342 e. The summed E-state index contributed by atoms with van der Waals surface area (Å²) in [6.07, 6.45) is 5.34. The van der Waals surface area contributed by atoms with Gasteiger partial charge in [0.15, 0.2) is 0 Å². The zero-order valence-electron chi connectivity index (χ0n) is 16.1. The van der Waals surface area contributed by atoms with Gasteiger partial charge in [0, 0.05) is 44.7 Å². The Morgan fingerprint density at radius 1 is 0.926 bits per heavy atom. The molecule has 0 aromatic heterocycles. The summed E-state index contributed by atoms with van der Waals surface area (Å²) in [6, 6.07) is 7.37. The van der Waals surface area contributed by atoms with E-state index in [1.165, 1.54) is 13.3 Å². The highest BCUT2D eigenvalue weighted by molar-refractivity contribution is 5.88. The van der Waals surface area contributed by atoms with Gasteiger partial charge in [0.1, 0.15) is 0 Å². The van der Waals surface area contributed by atoms with Crippen LogP contribution in [-0.4, -0.2) is 53.7 Å². The van der Waals surface area contributed by atoms with Gasteiger partial charge in [-0.2, -0.15) is 0 Å². The maximum atomic E-state index is 12.6. The Morgan fingerprint density at radius 2 is 1.56 bits per heavy atom. The van der Waals surface area contributed by atoms with Crippen molar-refractivity contribution in [1.29, 1.82) is 0 Å². The number of hydrogen-bond acceptors (Lipinski definition) is 3. The number of amides is 3. The third-order valence-electron chi connectivity index (χ3n) is 5.49. The smallest absolute Gasteiger partial charge is 0.226 e. The van der Waals surface area contributed by atoms with Crippen LogP contribution in [-0.2, 0) is 20.8 Å². The molecule has 2 heterocycles. The summed E-state index contributed by atoms with van der Waals surface area (Å²) >= 11 is 0. The number of benzene rings is 1. The van der Waals surface area contributed by atoms with Crippen LogP contribution in [0.3, 0.4) is 0 Å². The summed E-state index contributed by atoms with van der Waals surface area (Å²) in [5.41, 5.74) is 1.66. The van der Waals surface area contributed by atoms with Gasteiger partial charge in [-0.05, 0) is 49.8 Å². The third-order valence-corrected chi connectivity index (χ3v) is 5.49. The third kappa shape index (κ3) is 5.31. The van der Waals surface area contributed by atoms with Crippen molar-refractivity contribution >= 4 is 23.4 Å². The maximum absolute atomic E-state index is 12.6. The van der Waals surface area contributed by atoms with Crippen molar-refractivity contribution in [1.82, 2.24) is 9.80 Å². The summed E-state index contributed by atoms with van der Waals surface area (Å²) < 4.78 is 0. The fourth-order valence-corrected chi connectivity index (χ4v) is 3.94. The molecule has 0 spiro atoms. The molecule has 2 saturated heterocycles. The van der Waals surface area contributed by atoms with Crippen LogP contribution in [0, 0.1) is 5.92 Å². The van der Waals surface area contributed by atoms with Crippen molar-refractivity contribution < 1.29 is 14.4 Å². The predicted molar refractivity (Wildman–Crippen MR) is 104 cm³/mol. The van der Waals surface area contributed by atoms with Gasteiger partial charge in [-0.3, -0.25) is 14.4 Å². The molecule has 3 rings (SSSR count). The second kappa shape index (κ2) is 9.02. The van der Waals surface area contributed by atoms with Gasteiger partial charge in [0.25, 0.3) is 0 Å². The standard InChI is InChI=1S/C21H29N3O3/c1-16(25)22-19-7-5-17(6-8-19)15-20(26)23-13-9-18(10-14-23)21(27)24-11-3-2-4-12-24/h5-8,18H,2-4,9-15H2,1H3,(H,22,25). The lowest BCUT2D eigenvalue weighted by Gasteiger charge is -2.35. The number of carbonyl (C=O) groups is 3. The zero-order valence-corrected chi connectivity index (χ0v) is 16.1. The SMILES string of the molecule is CC(=O)Nc1ccc(CC(=O)N2CCC(C(=O)N3CCCCC3)CC2)cc1. The number of likely N-dealkylation sites (tertiary alicyclic amines) is 2. The Bertz CT molecular complexity index is 672. The van der Waals surface area contributed by atoms with Gasteiger partial charge in [-0.25, -0.2) is 0 Å². The highest BCUT2D eigenvalue weighted by Gasteiger charge is 2.30. The number of nitrogens with one attached hydrogen (secondary N) is 1. The van der Waals surface area contributed by atoms with Crippen molar-refractivity contribution in [3.63, 3.8) is 0 Å². The molecule has 0 unspecified atom stereocenters. The number of carbonyl (C=O) groups excluding carboxylic acids is 3. The molecule has 146 valence electrons. The van der Waals surface area contributed by atoms with E-state index in [0.29, 0.717) is 19.5 Å². The molecule has 2 aliphatic heterocycles. The molecule has 0 bridgehead atoms. The monoisotopic (exact) mass is 371 g/mol. The fraction of sp³-hybridized carbons (Fsp3) is 0.571. The quantitative estimate of drug-likeness (QED) is 0.884. The number of nitrogens with zero attached hydrogens (tertiary/aromatic N) is 2. The molecule has 1 aromatic carbocycles. The van der Waals surface area contributed by atoms with Gasteiger partial charge < -0.3 is 15.1 Å². The number of rotatable bonds is 4. The number of piperidine rings is 2. The Balaban J connectivity index is 1.46. The lowest BCUT2D eigenvalue weighted by Crippen LogP contribution is -2.46. The largest absolute Gasteiger partial charge is 0.342 e. The summed E-state index contributed by atoms with van der Waals surface area (Å²) in [4.78, 5) is 40.1. The van der Waals surface area contributed by atoms with Crippen LogP contribution in [0.5, 0.6) is 0 Å². The van der Waals surface area contributed by atoms with Crippen LogP contribution in [0.15, 0.2) is 24.3 Å². The summed E-state index contributed by atoms with van der Waals surface area (Å²) in [7, 11) is 0. The van der Waals surface area contributed by atoms with E-state index in [2.05, 4.69) is 5.32 Å². The van der Waals surface area contributed by atoms with E-state index in [4.69, 9.17) is 0 Å². The van der Waals surface area contributed by atoms with E-state index >= 15 is 0 Å². The van der Waals surface area contributed by atoms with E-state index in [1.807, 2.05) is 34.1 Å². The molecule has 0 radical (unpaired) electrons. The Hall–Kier alpha value is -2.37. The molecule has 2 fully saturated rings. The number of anilines is 1. The average molecular weight is 371 g/mol. The molecule has 1 aromatic rings. The summed E-state index contributed by atoms with van der Waals surface area (Å²) in [5.74, 6) is 0.353. The van der Waals surface area contributed by atoms with Crippen LogP contribution in [0.1, 0.15) is 44.6 Å². The molecule has 1 N–H and O–H groups in total. The maximum Gasteiger partial charge on any atom is 0.226 e. The van der Waals surface area contributed by atoms with Gasteiger partial charge >= 0.3 is 0 Å². The first-order chi connectivity index (χ1) is 13.0. The molecule has 27 heavy (non-hydrogen) atoms. The lowest BCUT2D eigenvalue weighted by molar-refractivity contribution is -0.141. The zero-order chi connectivity index (χ0) is 19.2. The Kier molecular flexibility index (Phi) is 6.48. The van der Waals surface area contributed by atoms with Crippen molar-refractivity contribution in [3.8, 4) is 0 Å². The van der Waals surface area contributed by atoms with Crippen molar-refractivity contribution in [2.75, 3.05) is 31.5 Å². The van der Waals surface area contributed by atoms with Gasteiger partial charge in [-0.15, -0.1) is 0 Å². The Labute approximate surface area is 160 Å². The van der Waals surface area contributed by atoms with Gasteiger partial charge in [0.05, 0.1) is 6.42 Å². The molecular weight excluding hydrogens is 342 g/mol. The van der Waals surface area contributed by atoms with Crippen LogP contribution >= 0.6 is 0 Å². The fourth-order valence-electron chi connectivity index (χ4n) is 3.94. The summed E-state index contributed by atoms with van der Waals surface area (Å²) in [6.45, 7) is 4.58. The van der Waals surface area contributed by atoms with Crippen LogP contribution in [0.4, 0.5) is 5.69 Å². The topological polar surface area (TPSA) is 69.7 Å². The molecular formula is C21H29N3O3. The molecule has 6 heteroatoms. The van der Waals surface area contributed by atoms with E-state index < -0.39 is 0 Å². The first-order valence-electron chi connectivity index (χ1n) is 9.96. The minimum absolute atomic E-state index is 0.0732. The Morgan fingerprint density at radius 3 is 2.15 bits per heavy atom. The molecule has 6 nitrogen and oxygen atoms in total. The lowest BCUT2D eigenvalue weighted by atomic mass is 9.94. The van der Waals surface area contributed by atoms with Gasteiger partial charge in [-0.1, -0.05) is 12.1 Å². The second-order valence-corrected chi connectivity index (χ2v) is 7.60.